The van der Waals surface area contributed by atoms with Crippen molar-refractivity contribution in [1.29, 1.82) is 0 Å². The molecular weight excluding hydrogens is 334 g/mol. The van der Waals surface area contributed by atoms with E-state index in [1.165, 1.54) is 24.1 Å². The third-order valence-corrected chi connectivity index (χ3v) is 5.73. The maximum atomic E-state index is 12.4. The summed E-state index contributed by atoms with van der Waals surface area (Å²) in [7, 11) is 0. The Balaban J connectivity index is 1.55. The summed E-state index contributed by atoms with van der Waals surface area (Å²) in [6.45, 7) is 8.77. The quantitative estimate of drug-likeness (QED) is 0.784. The molecule has 2 heterocycles. The first-order chi connectivity index (χ1) is 13.0. The van der Waals surface area contributed by atoms with Gasteiger partial charge in [-0.1, -0.05) is 19.1 Å². The maximum absolute atomic E-state index is 12.4. The minimum Gasteiger partial charge on any atom is -0.371 e. The number of aryl methyl sites for hydroxylation is 2. The highest BCUT2D eigenvalue weighted by atomic mass is 16.2. The van der Waals surface area contributed by atoms with E-state index in [0.717, 1.165) is 41.5 Å². The molecule has 4 nitrogen and oxygen atoms in total. The summed E-state index contributed by atoms with van der Waals surface area (Å²) < 4.78 is 0. The van der Waals surface area contributed by atoms with Crippen molar-refractivity contribution < 1.29 is 4.79 Å². The Hall–Kier alpha value is -2.62. The first kappa shape index (κ1) is 17.8. The Labute approximate surface area is 161 Å². The summed E-state index contributed by atoms with van der Waals surface area (Å²) in [5.74, 6) is 0.433. The number of benzene rings is 2. The molecule has 2 unspecified atom stereocenters. The van der Waals surface area contributed by atoms with Crippen LogP contribution in [0.5, 0.6) is 0 Å². The minimum atomic E-state index is -0.316. The van der Waals surface area contributed by atoms with Gasteiger partial charge in [-0.25, -0.2) is 0 Å². The Morgan fingerprint density at radius 3 is 2.81 bits per heavy atom. The molecule has 0 radical (unpaired) electrons. The van der Waals surface area contributed by atoms with Crippen LogP contribution in [0, 0.1) is 19.8 Å². The summed E-state index contributed by atoms with van der Waals surface area (Å²) >= 11 is 0. The van der Waals surface area contributed by atoms with Crippen LogP contribution in [-0.4, -0.2) is 25.2 Å². The molecule has 0 aliphatic carbocycles. The molecule has 2 aliphatic heterocycles. The van der Waals surface area contributed by atoms with Gasteiger partial charge in [-0.2, -0.15) is 0 Å². The molecule has 1 fully saturated rings. The molecule has 0 spiro atoms. The predicted molar refractivity (Wildman–Crippen MR) is 112 cm³/mol. The lowest BCUT2D eigenvalue weighted by molar-refractivity contribution is -0.115. The molecule has 27 heavy (non-hydrogen) atoms. The number of carbonyl (C=O) groups is 1. The van der Waals surface area contributed by atoms with Crippen molar-refractivity contribution in [2.45, 2.75) is 39.5 Å². The minimum absolute atomic E-state index is 0.00121. The van der Waals surface area contributed by atoms with Gasteiger partial charge in [-0.15, -0.1) is 0 Å². The summed E-state index contributed by atoms with van der Waals surface area (Å²) in [5, 5.41) is 2.96. The van der Waals surface area contributed by atoms with Gasteiger partial charge in [0.1, 0.15) is 5.92 Å². The number of carbonyl (C=O) groups excluding carboxylic acids is 1. The first-order valence-electron chi connectivity index (χ1n) is 9.83. The van der Waals surface area contributed by atoms with Crippen molar-refractivity contribution in [2.75, 3.05) is 23.3 Å². The van der Waals surface area contributed by atoms with E-state index >= 15 is 0 Å². The number of nitrogens with zero attached hydrogens (tertiary/aromatic N) is 2. The van der Waals surface area contributed by atoms with Gasteiger partial charge in [0.2, 0.25) is 5.91 Å². The first-order valence-corrected chi connectivity index (χ1v) is 9.83. The highest BCUT2D eigenvalue weighted by Gasteiger charge is 2.30. The van der Waals surface area contributed by atoms with E-state index in [4.69, 9.17) is 0 Å². The van der Waals surface area contributed by atoms with Gasteiger partial charge in [-0.3, -0.25) is 9.79 Å². The average Bonchev–Trinajstić information content (AvgIpc) is 2.96. The lowest BCUT2D eigenvalue weighted by Crippen LogP contribution is -2.34. The number of anilines is 2. The molecule has 1 amide bonds. The molecule has 0 aromatic heterocycles. The van der Waals surface area contributed by atoms with Gasteiger partial charge in [0.15, 0.2) is 0 Å². The summed E-state index contributed by atoms with van der Waals surface area (Å²) in [6.07, 6.45) is 4.36. The summed E-state index contributed by atoms with van der Waals surface area (Å²) in [5.41, 5.74) is 6.51. The van der Waals surface area contributed by atoms with Crippen molar-refractivity contribution >= 4 is 29.2 Å². The Bertz CT molecular complexity index is 902. The second kappa shape index (κ2) is 7.18. The van der Waals surface area contributed by atoms with Crippen LogP contribution >= 0.6 is 0 Å². The number of aliphatic imine (C=N–C) groups is 1. The van der Waals surface area contributed by atoms with Gasteiger partial charge in [0.25, 0.3) is 0 Å². The van der Waals surface area contributed by atoms with E-state index in [-0.39, 0.29) is 11.8 Å². The van der Waals surface area contributed by atoms with Crippen molar-refractivity contribution in [3.05, 3.63) is 53.1 Å². The number of hydrogen-bond acceptors (Lipinski definition) is 3. The summed E-state index contributed by atoms with van der Waals surface area (Å²) in [6, 6.07) is 12.3. The predicted octanol–water partition coefficient (Wildman–Crippen LogP) is 4.98. The van der Waals surface area contributed by atoms with Gasteiger partial charge in [0, 0.05) is 30.7 Å². The SMILES string of the molecule is Cc1cc(N=CC2C(=O)Nc3cccc(C)c32)ccc1N1CCCC(C)C1. The molecule has 1 N–H and O–H groups in total. The molecule has 2 aromatic carbocycles. The van der Waals surface area contributed by atoms with Crippen LogP contribution in [-0.2, 0) is 4.79 Å². The molecular formula is C23H27N3O. The van der Waals surface area contributed by atoms with Gasteiger partial charge >= 0.3 is 0 Å². The van der Waals surface area contributed by atoms with Crippen molar-refractivity contribution in [2.24, 2.45) is 10.9 Å². The summed E-state index contributed by atoms with van der Waals surface area (Å²) in [4.78, 5) is 19.5. The third-order valence-electron chi connectivity index (χ3n) is 5.73. The molecule has 0 bridgehead atoms. The lowest BCUT2D eigenvalue weighted by atomic mass is 9.97. The number of hydrogen-bond donors (Lipinski definition) is 1. The molecule has 1 saturated heterocycles. The zero-order chi connectivity index (χ0) is 19.0. The van der Waals surface area contributed by atoms with Crippen molar-refractivity contribution in [1.82, 2.24) is 0 Å². The average molecular weight is 361 g/mol. The zero-order valence-electron chi connectivity index (χ0n) is 16.3. The molecule has 140 valence electrons. The standard InChI is InChI=1S/C23H27N3O/c1-15-6-5-11-26(14-15)21-10-9-18(12-17(21)3)24-13-19-22-16(2)7-4-8-20(22)25-23(19)27/h4,7-10,12-13,15,19H,5-6,11,14H2,1-3H3,(H,25,27). The fourth-order valence-corrected chi connectivity index (χ4v) is 4.33. The van der Waals surface area contributed by atoms with Crippen molar-refractivity contribution in [3.8, 4) is 0 Å². The third kappa shape index (κ3) is 3.48. The van der Waals surface area contributed by atoms with E-state index in [0.29, 0.717) is 0 Å². The van der Waals surface area contributed by atoms with Gasteiger partial charge in [-0.05, 0) is 73.6 Å². The van der Waals surface area contributed by atoms with Crippen LogP contribution in [0.15, 0.2) is 41.4 Å². The second-order valence-corrected chi connectivity index (χ2v) is 7.95. The van der Waals surface area contributed by atoms with E-state index in [1.807, 2.05) is 25.1 Å². The smallest absolute Gasteiger partial charge is 0.237 e. The maximum Gasteiger partial charge on any atom is 0.237 e. The van der Waals surface area contributed by atoms with E-state index in [1.54, 1.807) is 6.21 Å². The molecule has 4 heteroatoms. The largest absolute Gasteiger partial charge is 0.371 e. The van der Waals surface area contributed by atoms with E-state index < -0.39 is 0 Å². The van der Waals surface area contributed by atoms with Gasteiger partial charge < -0.3 is 10.2 Å². The second-order valence-electron chi connectivity index (χ2n) is 7.95. The van der Waals surface area contributed by atoms with Crippen LogP contribution in [0.2, 0.25) is 0 Å². The highest BCUT2D eigenvalue weighted by molar-refractivity contribution is 6.13. The normalized spacial score (nSPS) is 22.2. The van der Waals surface area contributed by atoms with Gasteiger partial charge in [0.05, 0.1) is 5.69 Å². The topological polar surface area (TPSA) is 44.7 Å². The van der Waals surface area contributed by atoms with E-state index in [2.05, 4.69) is 47.3 Å². The van der Waals surface area contributed by atoms with Crippen LogP contribution in [0.1, 0.15) is 42.4 Å². The highest BCUT2D eigenvalue weighted by Crippen LogP contribution is 2.35. The monoisotopic (exact) mass is 361 g/mol. The molecule has 2 atom stereocenters. The lowest BCUT2D eigenvalue weighted by Gasteiger charge is -2.33. The van der Waals surface area contributed by atoms with Crippen LogP contribution in [0.4, 0.5) is 17.1 Å². The number of nitrogens with one attached hydrogen (secondary N) is 1. The fraction of sp³-hybridized carbons (Fsp3) is 0.391. The molecule has 2 aromatic rings. The number of rotatable bonds is 3. The molecule has 0 saturated carbocycles. The Morgan fingerprint density at radius 1 is 1.19 bits per heavy atom. The number of amides is 1. The number of piperidine rings is 1. The molecule has 4 rings (SSSR count). The van der Waals surface area contributed by atoms with Crippen molar-refractivity contribution in [3.63, 3.8) is 0 Å². The Morgan fingerprint density at radius 2 is 2.04 bits per heavy atom. The Kier molecular flexibility index (Phi) is 4.73. The van der Waals surface area contributed by atoms with E-state index in [9.17, 15) is 4.79 Å². The van der Waals surface area contributed by atoms with Crippen LogP contribution in [0.25, 0.3) is 0 Å². The molecule has 2 aliphatic rings. The zero-order valence-corrected chi connectivity index (χ0v) is 16.3. The fourth-order valence-electron chi connectivity index (χ4n) is 4.33. The number of fused-ring (bicyclic) bond motifs is 1. The van der Waals surface area contributed by atoms with Crippen LogP contribution < -0.4 is 10.2 Å². The van der Waals surface area contributed by atoms with Crippen LogP contribution in [0.3, 0.4) is 0 Å².